The lowest BCUT2D eigenvalue weighted by molar-refractivity contribution is 0.0693. The van der Waals surface area contributed by atoms with Gasteiger partial charge in [-0.25, -0.2) is 17.9 Å². The Morgan fingerprint density at radius 2 is 1.89 bits per heavy atom. The lowest BCUT2D eigenvalue weighted by atomic mass is 10.0. The zero-order valence-electron chi connectivity index (χ0n) is 9.38. The van der Waals surface area contributed by atoms with Crippen LogP contribution in [0.25, 0.3) is 10.8 Å². The SMILES string of the molecule is O=C(O)c1cc2ccccc2c2c1S(=O)(=O)NC2=O. The van der Waals surface area contributed by atoms with Gasteiger partial charge in [-0.3, -0.25) is 4.79 Å². The molecule has 1 amide bonds. The first-order valence-corrected chi connectivity index (χ1v) is 6.76. The molecule has 0 unspecified atom stereocenters. The smallest absolute Gasteiger partial charge is 0.337 e. The van der Waals surface area contributed by atoms with E-state index in [2.05, 4.69) is 0 Å². The number of benzene rings is 2. The van der Waals surface area contributed by atoms with Crippen molar-refractivity contribution in [3.63, 3.8) is 0 Å². The molecule has 96 valence electrons. The van der Waals surface area contributed by atoms with Crippen molar-refractivity contribution in [2.75, 3.05) is 0 Å². The summed E-state index contributed by atoms with van der Waals surface area (Å²) in [7, 11) is -4.10. The number of amides is 1. The summed E-state index contributed by atoms with van der Waals surface area (Å²) < 4.78 is 25.5. The molecule has 0 saturated heterocycles. The topological polar surface area (TPSA) is 101 Å². The zero-order valence-corrected chi connectivity index (χ0v) is 10.2. The van der Waals surface area contributed by atoms with E-state index in [4.69, 9.17) is 5.11 Å². The molecular weight excluding hydrogens is 270 g/mol. The average molecular weight is 277 g/mol. The van der Waals surface area contributed by atoms with Gasteiger partial charge in [0.05, 0.1) is 11.1 Å². The molecule has 1 aliphatic rings. The number of sulfonamides is 1. The van der Waals surface area contributed by atoms with E-state index < -0.39 is 32.4 Å². The van der Waals surface area contributed by atoms with Crippen LogP contribution in [0.15, 0.2) is 35.2 Å². The summed E-state index contributed by atoms with van der Waals surface area (Å²) in [6.07, 6.45) is 0. The van der Waals surface area contributed by atoms with Crippen molar-refractivity contribution in [2.45, 2.75) is 4.90 Å². The number of hydrogen-bond acceptors (Lipinski definition) is 4. The molecule has 2 aromatic rings. The number of carbonyl (C=O) groups excluding carboxylic acids is 1. The predicted octanol–water partition coefficient (Wildman–Crippen LogP) is 0.970. The van der Waals surface area contributed by atoms with Gasteiger partial charge in [-0.05, 0) is 16.8 Å². The molecule has 0 aromatic heterocycles. The average Bonchev–Trinajstić information content (AvgIpc) is 2.59. The standard InChI is InChI=1S/C12H7NO5S/c14-11-9-7-4-2-1-3-6(7)5-8(12(15)16)10(9)19(17,18)13-11/h1-5H,(H,13,14)(H,15,16). The highest BCUT2D eigenvalue weighted by Gasteiger charge is 2.38. The second-order valence-corrected chi connectivity index (χ2v) is 5.71. The van der Waals surface area contributed by atoms with Gasteiger partial charge < -0.3 is 5.11 Å². The van der Waals surface area contributed by atoms with Gasteiger partial charge in [-0.2, -0.15) is 0 Å². The van der Waals surface area contributed by atoms with E-state index in [1.807, 2.05) is 4.72 Å². The molecule has 0 fully saturated rings. The van der Waals surface area contributed by atoms with Gasteiger partial charge in [0, 0.05) is 0 Å². The Hall–Kier alpha value is -2.41. The van der Waals surface area contributed by atoms with Crippen LogP contribution in [0.3, 0.4) is 0 Å². The first-order chi connectivity index (χ1) is 8.92. The molecule has 0 spiro atoms. The molecule has 0 radical (unpaired) electrons. The summed E-state index contributed by atoms with van der Waals surface area (Å²) in [4.78, 5) is 22.5. The van der Waals surface area contributed by atoms with E-state index in [1.165, 1.54) is 6.07 Å². The number of fused-ring (bicyclic) bond motifs is 3. The van der Waals surface area contributed by atoms with Crippen molar-refractivity contribution in [3.05, 3.63) is 41.5 Å². The number of hydrogen-bond donors (Lipinski definition) is 2. The second kappa shape index (κ2) is 3.55. The Balaban J connectivity index is 2.60. The van der Waals surface area contributed by atoms with Gasteiger partial charge >= 0.3 is 5.97 Å². The third-order valence-electron chi connectivity index (χ3n) is 2.95. The summed E-state index contributed by atoms with van der Waals surface area (Å²) in [5, 5.41) is 10.0. The predicted molar refractivity (Wildman–Crippen MR) is 65.6 cm³/mol. The Labute approximate surface area is 107 Å². The van der Waals surface area contributed by atoms with E-state index in [-0.39, 0.29) is 5.56 Å². The Morgan fingerprint density at radius 1 is 1.21 bits per heavy atom. The van der Waals surface area contributed by atoms with Crippen molar-refractivity contribution >= 4 is 32.7 Å². The van der Waals surface area contributed by atoms with Crippen molar-refractivity contribution in [2.24, 2.45) is 0 Å². The summed E-state index contributed by atoms with van der Waals surface area (Å²) in [5.74, 6) is -2.18. The molecule has 0 aliphatic carbocycles. The number of nitrogens with one attached hydrogen (secondary N) is 1. The molecule has 0 atom stereocenters. The van der Waals surface area contributed by atoms with Crippen LogP contribution in [0.1, 0.15) is 20.7 Å². The van der Waals surface area contributed by atoms with Gasteiger partial charge in [-0.1, -0.05) is 24.3 Å². The van der Waals surface area contributed by atoms with E-state index >= 15 is 0 Å². The molecule has 19 heavy (non-hydrogen) atoms. The van der Waals surface area contributed by atoms with E-state index in [0.29, 0.717) is 10.8 Å². The first kappa shape index (κ1) is 11.7. The monoisotopic (exact) mass is 277 g/mol. The van der Waals surface area contributed by atoms with E-state index in [9.17, 15) is 18.0 Å². The summed E-state index contributed by atoms with van der Waals surface area (Å²) in [6, 6.07) is 7.80. The molecule has 7 heteroatoms. The van der Waals surface area contributed by atoms with Gasteiger partial charge in [0.1, 0.15) is 4.90 Å². The van der Waals surface area contributed by atoms with Crippen molar-refractivity contribution in [1.29, 1.82) is 0 Å². The van der Waals surface area contributed by atoms with E-state index in [0.717, 1.165) is 0 Å². The highest BCUT2D eigenvalue weighted by Crippen LogP contribution is 2.33. The van der Waals surface area contributed by atoms with E-state index in [1.54, 1.807) is 24.3 Å². The van der Waals surface area contributed by atoms with Gasteiger partial charge in [0.2, 0.25) is 0 Å². The van der Waals surface area contributed by atoms with Crippen LogP contribution in [-0.4, -0.2) is 25.4 Å². The number of aromatic carboxylic acids is 1. The van der Waals surface area contributed by atoms with Crippen molar-refractivity contribution < 1.29 is 23.1 Å². The Bertz CT molecular complexity index is 854. The molecular formula is C12H7NO5S. The number of rotatable bonds is 1. The maximum atomic E-state index is 11.8. The van der Waals surface area contributed by atoms with Crippen LogP contribution in [-0.2, 0) is 10.0 Å². The van der Waals surface area contributed by atoms with Crippen LogP contribution in [0.2, 0.25) is 0 Å². The number of carbonyl (C=O) groups is 2. The maximum Gasteiger partial charge on any atom is 0.337 e. The minimum Gasteiger partial charge on any atom is -0.478 e. The molecule has 2 N–H and O–H groups in total. The highest BCUT2D eigenvalue weighted by atomic mass is 32.2. The Kier molecular flexibility index (Phi) is 2.18. The van der Waals surface area contributed by atoms with Crippen molar-refractivity contribution in [1.82, 2.24) is 4.72 Å². The molecule has 1 aliphatic heterocycles. The zero-order chi connectivity index (χ0) is 13.8. The minimum atomic E-state index is -4.10. The van der Waals surface area contributed by atoms with Crippen LogP contribution in [0.4, 0.5) is 0 Å². The molecule has 3 rings (SSSR count). The second-order valence-electron chi connectivity index (χ2n) is 4.09. The van der Waals surface area contributed by atoms with Crippen LogP contribution < -0.4 is 4.72 Å². The molecule has 0 bridgehead atoms. The van der Waals surface area contributed by atoms with Gasteiger partial charge in [0.25, 0.3) is 15.9 Å². The fourth-order valence-electron chi connectivity index (χ4n) is 2.22. The fourth-order valence-corrected chi connectivity index (χ4v) is 3.57. The molecule has 2 aromatic carbocycles. The van der Waals surface area contributed by atoms with Crippen LogP contribution in [0, 0.1) is 0 Å². The summed E-state index contributed by atoms with van der Waals surface area (Å²) in [5.41, 5.74) is -0.498. The third-order valence-corrected chi connectivity index (χ3v) is 4.37. The van der Waals surface area contributed by atoms with Gasteiger partial charge in [0.15, 0.2) is 0 Å². The van der Waals surface area contributed by atoms with Gasteiger partial charge in [-0.15, -0.1) is 0 Å². The number of carboxylic acid groups (broad SMARTS) is 1. The number of carboxylic acids is 1. The largest absolute Gasteiger partial charge is 0.478 e. The first-order valence-electron chi connectivity index (χ1n) is 5.28. The fraction of sp³-hybridized carbons (Fsp3) is 0. The van der Waals surface area contributed by atoms with Crippen molar-refractivity contribution in [3.8, 4) is 0 Å². The summed E-state index contributed by atoms with van der Waals surface area (Å²) in [6.45, 7) is 0. The minimum absolute atomic E-state index is 0.101. The lowest BCUT2D eigenvalue weighted by Gasteiger charge is -2.05. The lowest BCUT2D eigenvalue weighted by Crippen LogP contribution is -2.21. The highest BCUT2D eigenvalue weighted by molar-refractivity contribution is 7.90. The third kappa shape index (κ3) is 1.52. The Morgan fingerprint density at radius 3 is 2.58 bits per heavy atom. The molecule has 6 nitrogen and oxygen atoms in total. The molecule has 1 heterocycles. The maximum absolute atomic E-state index is 11.8. The molecule has 0 saturated carbocycles. The summed E-state index contributed by atoms with van der Waals surface area (Å²) >= 11 is 0. The quantitative estimate of drug-likeness (QED) is 0.809. The van der Waals surface area contributed by atoms with Crippen LogP contribution >= 0.6 is 0 Å². The van der Waals surface area contributed by atoms with Crippen LogP contribution in [0.5, 0.6) is 0 Å². The normalized spacial score (nSPS) is 16.1.